The maximum Gasteiger partial charge on any atom is 0.130 e. The van der Waals surface area contributed by atoms with Gasteiger partial charge in [0.05, 0.1) is 13.1 Å². The fourth-order valence-corrected chi connectivity index (χ4v) is 3.36. The van der Waals surface area contributed by atoms with Crippen molar-refractivity contribution in [1.29, 1.82) is 0 Å². The highest BCUT2D eigenvalue weighted by Crippen LogP contribution is 2.22. The number of aliphatic hydroxyl groups is 1. The van der Waals surface area contributed by atoms with Gasteiger partial charge in [-0.15, -0.1) is 0 Å². The van der Waals surface area contributed by atoms with E-state index in [2.05, 4.69) is 49.4 Å². The van der Waals surface area contributed by atoms with E-state index in [4.69, 9.17) is 0 Å². The highest BCUT2D eigenvalue weighted by atomic mass is 16.3. The molecule has 1 aliphatic rings. The van der Waals surface area contributed by atoms with Crippen LogP contribution in [0, 0.1) is 0 Å². The zero-order valence-corrected chi connectivity index (χ0v) is 12.2. The molecule has 2 N–H and O–H groups in total. The summed E-state index contributed by atoms with van der Waals surface area (Å²) < 4.78 is 0. The largest absolute Gasteiger partial charge is 0.382 e. The van der Waals surface area contributed by atoms with Crippen molar-refractivity contribution in [2.45, 2.75) is 38.3 Å². The summed E-state index contributed by atoms with van der Waals surface area (Å²) in [6, 6.07) is 14.9. The van der Waals surface area contributed by atoms with Gasteiger partial charge in [0.25, 0.3) is 0 Å². The maximum atomic E-state index is 10.7. The van der Waals surface area contributed by atoms with Crippen LogP contribution in [0.3, 0.4) is 0 Å². The van der Waals surface area contributed by atoms with Gasteiger partial charge < -0.3 is 10.0 Å². The van der Waals surface area contributed by atoms with Gasteiger partial charge in [-0.05, 0) is 48.6 Å². The minimum atomic E-state index is -0.368. The molecule has 2 atom stereocenters. The quantitative estimate of drug-likeness (QED) is 0.879. The van der Waals surface area contributed by atoms with E-state index in [0.717, 1.165) is 5.56 Å². The van der Waals surface area contributed by atoms with Crippen molar-refractivity contribution in [3.05, 3.63) is 48.0 Å². The number of hydrogen-bond acceptors (Lipinski definition) is 1. The lowest BCUT2D eigenvalue weighted by Gasteiger charge is -2.32. The molecule has 3 rings (SSSR count). The monoisotopic (exact) mass is 270 g/mol. The van der Waals surface area contributed by atoms with Crippen LogP contribution in [0.1, 0.15) is 37.9 Å². The highest BCUT2D eigenvalue weighted by molar-refractivity contribution is 5.83. The number of piperidine rings is 1. The predicted molar refractivity (Wildman–Crippen MR) is 82.9 cm³/mol. The number of hydrogen-bond donors (Lipinski definition) is 2. The summed E-state index contributed by atoms with van der Waals surface area (Å²) in [5.74, 6) is 0. The number of aliphatic hydroxyl groups excluding tert-OH is 1. The SMILES string of the molecule is C[C@H]([C@@H](O)c1ccc2ccccc2c1)[NH+]1CCCCC1. The summed E-state index contributed by atoms with van der Waals surface area (Å²) >= 11 is 0. The van der Waals surface area contributed by atoms with E-state index < -0.39 is 0 Å². The zero-order valence-electron chi connectivity index (χ0n) is 12.2. The average Bonchev–Trinajstić information content (AvgIpc) is 2.54. The van der Waals surface area contributed by atoms with Gasteiger partial charge in [0, 0.05) is 0 Å². The zero-order chi connectivity index (χ0) is 13.9. The Morgan fingerprint density at radius 3 is 2.40 bits per heavy atom. The summed E-state index contributed by atoms with van der Waals surface area (Å²) in [5.41, 5.74) is 1.05. The number of fused-ring (bicyclic) bond motifs is 1. The lowest BCUT2D eigenvalue weighted by molar-refractivity contribution is -0.932. The Morgan fingerprint density at radius 1 is 0.950 bits per heavy atom. The number of benzene rings is 2. The molecule has 106 valence electrons. The van der Waals surface area contributed by atoms with Gasteiger partial charge in [0.15, 0.2) is 0 Å². The molecule has 0 amide bonds. The Morgan fingerprint density at radius 2 is 1.65 bits per heavy atom. The maximum absolute atomic E-state index is 10.7. The molecule has 2 nitrogen and oxygen atoms in total. The first kappa shape index (κ1) is 13.6. The van der Waals surface area contributed by atoms with Gasteiger partial charge in [-0.2, -0.15) is 0 Å². The first-order valence-corrected chi connectivity index (χ1v) is 7.77. The van der Waals surface area contributed by atoms with Crippen molar-refractivity contribution in [1.82, 2.24) is 0 Å². The van der Waals surface area contributed by atoms with Crippen LogP contribution in [0.25, 0.3) is 10.8 Å². The third-order valence-electron chi connectivity index (χ3n) is 4.73. The van der Waals surface area contributed by atoms with Crippen LogP contribution in [-0.2, 0) is 0 Å². The minimum absolute atomic E-state index is 0.275. The molecule has 0 spiro atoms. The van der Waals surface area contributed by atoms with Gasteiger partial charge >= 0.3 is 0 Å². The normalized spacial score (nSPS) is 19.9. The molecule has 0 bridgehead atoms. The average molecular weight is 270 g/mol. The molecule has 0 radical (unpaired) electrons. The van der Waals surface area contributed by atoms with Crippen LogP contribution in [0.2, 0.25) is 0 Å². The van der Waals surface area contributed by atoms with Crippen LogP contribution in [-0.4, -0.2) is 24.2 Å². The fourth-order valence-electron chi connectivity index (χ4n) is 3.36. The lowest BCUT2D eigenvalue weighted by atomic mass is 9.97. The molecule has 20 heavy (non-hydrogen) atoms. The fraction of sp³-hybridized carbons (Fsp3) is 0.444. The van der Waals surface area contributed by atoms with E-state index >= 15 is 0 Å². The highest BCUT2D eigenvalue weighted by Gasteiger charge is 2.27. The van der Waals surface area contributed by atoms with Crippen molar-refractivity contribution in [3.63, 3.8) is 0 Å². The van der Waals surface area contributed by atoms with Crippen molar-refractivity contribution in [3.8, 4) is 0 Å². The molecule has 1 heterocycles. The number of rotatable bonds is 3. The van der Waals surface area contributed by atoms with E-state index in [-0.39, 0.29) is 12.1 Å². The molecule has 0 unspecified atom stereocenters. The molecule has 2 aromatic carbocycles. The molecular weight excluding hydrogens is 246 g/mol. The molecule has 1 aliphatic heterocycles. The van der Waals surface area contributed by atoms with Crippen LogP contribution < -0.4 is 4.90 Å². The van der Waals surface area contributed by atoms with Crippen LogP contribution in [0.5, 0.6) is 0 Å². The Hall–Kier alpha value is -1.38. The van der Waals surface area contributed by atoms with Gasteiger partial charge in [-0.25, -0.2) is 0 Å². The summed E-state index contributed by atoms with van der Waals surface area (Å²) in [6.45, 7) is 4.58. The van der Waals surface area contributed by atoms with Crippen molar-refractivity contribution >= 4 is 10.8 Å². The van der Waals surface area contributed by atoms with Crippen molar-refractivity contribution in [2.75, 3.05) is 13.1 Å². The van der Waals surface area contributed by atoms with Crippen molar-refractivity contribution < 1.29 is 10.0 Å². The van der Waals surface area contributed by atoms with Gasteiger partial charge in [0.2, 0.25) is 0 Å². The van der Waals surface area contributed by atoms with Crippen LogP contribution >= 0.6 is 0 Å². The molecule has 1 fully saturated rings. The predicted octanol–water partition coefficient (Wildman–Crippen LogP) is 2.33. The number of likely N-dealkylation sites (tertiary alicyclic amines) is 1. The Balaban J connectivity index is 1.81. The Bertz CT molecular complexity index is 574. The first-order chi connectivity index (χ1) is 9.75. The molecular formula is C18H24NO+. The summed E-state index contributed by atoms with van der Waals surface area (Å²) in [6.07, 6.45) is 3.57. The molecule has 0 saturated carbocycles. The second kappa shape index (κ2) is 5.94. The molecule has 1 saturated heterocycles. The summed E-state index contributed by atoms with van der Waals surface area (Å²) in [4.78, 5) is 1.55. The summed E-state index contributed by atoms with van der Waals surface area (Å²) in [7, 11) is 0. The third-order valence-corrected chi connectivity index (χ3v) is 4.73. The lowest BCUT2D eigenvalue weighted by Crippen LogP contribution is -3.16. The number of nitrogens with one attached hydrogen (secondary N) is 1. The van der Waals surface area contributed by atoms with Gasteiger partial charge in [-0.1, -0.05) is 36.4 Å². The molecule has 2 heteroatoms. The van der Waals surface area contributed by atoms with E-state index in [1.165, 1.54) is 43.1 Å². The second-order valence-corrected chi connectivity index (χ2v) is 6.06. The van der Waals surface area contributed by atoms with Crippen LogP contribution in [0.15, 0.2) is 42.5 Å². The molecule has 0 aliphatic carbocycles. The van der Waals surface area contributed by atoms with E-state index in [1.807, 2.05) is 0 Å². The third kappa shape index (κ3) is 2.72. The smallest absolute Gasteiger partial charge is 0.130 e. The first-order valence-electron chi connectivity index (χ1n) is 7.77. The molecule has 2 aromatic rings. The van der Waals surface area contributed by atoms with Gasteiger partial charge in [-0.3, -0.25) is 0 Å². The van der Waals surface area contributed by atoms with E-state index in [9.17, 15) is 5.11 Å². The standard InChI is InChI=1S/C18H23NO/c1-14(19-11-5-2-6-12-19)18(20)17-10-9-15-7-3-4-8-16(15)13-17/h3-4,7-10,13-14,18,20H,2,5-6,11-12H2,1H3/p+1/t14-,18-/m1/s1. The minimum Gasteiger partial charge on any atom is -0.382 e. The van der Waals surface area contributed by atoms with E-state index in [1.54, 1.807) is 4.90 Å². The summed E-state index contributed by atoms with van der Waals surface area (Å²) in [5, 5.41) is 13.1. The second-order valence-electron chi connectivity index (χ2n) is 6.06. The Kier molecular flexibility index (Phi) is 4.04. The van der Waals surface area contributed by atoms with E-state index in [0.29, 0.717) is 0 Å². The number of quaternary nitrogens is 1. The van der Waals surface area contributed by atoms with Gasteiger partial charge in [0.1, 0.15) is 12.1 Å². The van der Waals surface area contributed by atoms with Crippen molar-refractivity contribution in [2.24, 2.45) is 0 Å². The molecule has 0 aromatic heterocycles. The van der Waals surface area contributed by atoms with Crippen LogP contribution in [0.4, 0.5) is 0 Å². The topological polar surface area (TPSA) is 24.7 Å². The Labute approximate surface area is 121 Å².